The quantitative estimate of drug-likeness (QED) is 0.731. The average molecular weight is 252 g/mol. The summed E-state index contributed by atoms with van der Waals surface area (Å²) in [6.45, 7) is 1.68. The number of aromatic nitrogens is 3. The summed E-state index contributed by atoms with van der Waals surface area (Å²) in [5.74, 6) is -1.02. The first-order valence-electron chi connectivity index (χ1n) is 5.98. The highest BCUT2D eigenvalue weighted by molar-refractivity contribution is 5.95. The lowest BCUT2D eigenvalue weighted by Crippen LogP contribution is -2.55. The third-order valence-electron chi connectivity index (χ3n) is 3.27. The molecule has 0 unspecified atom stereocenters. The summed E-state index contributed by atoms with van der Waals surface area (Å²) in [6, 6.07) is 0. The number of carboxylic acids is 1. The van der Waals surface area contributed by atoms with Gasteiger partial charge in [-0.2, -0.15) is 0 Å². The third kappa shape index (κ3) is 2.34. The molecule has 0 aromatic carbocycles. The predicted molar refractivity (Wildman–Crippen MR) is 62.0 cm³/mol. The number of carbonyl (C=O) groups excluding carboxylic acids is 1. The number of rotatable bonds is 3. The van der Waals surface area contributed by atoms with Gasteiger partial charge in [0, 0.05) is 0 Å². The molecule has 1 fully saturated rings. The standard InChI is InChI=1S/C11H16N4O3/c1-7-12-8(15-14-7)9(16)13-11(10(17)18)5-3-2-4-6-11/h2-6H2,1H3,(H,13,16)(H,17,18)(H,12,14,15). The fraction of sp³-hybridized carbons (Fsp3) is 0.636. The van der Waals surface area contributed by atoms with Crippen molar-refractivity contribution in [3.63, 3.8) is 0 Å². The predicted octanol–water partition coefficient (Wildman–Crippen LogP) is 0.630. The molecule has 0 saturated heterocycles. The van der Waals surface area contributed by atoms with Crippen LogP contribution in [0.3, 0.4) is 0 Å². The fourth-order valence-corrected chi connectivity index (χ4v) is 2.27. The Balaban J connectivity index is 2.14. The number of aliphatic carboxylic acids is 1. The molecule has 1 saturated carbocycles. The Labute approximate surface area is 104 Å². The molecule has 0 atom stereocenters. The number of carboxylic acid groups (broad SMARTS) is 1. The number of carbonyl (C=O) groups is 2. The second-order valence-electron chi connectivity index (χ2n) is 4.65. The Hall–Kier alpha value is -1.92. The van der Waals surface area contributed by atoms with Crippen molar-refractivity contribution < 1.29 is 14.7 Å². The monoisotopic (exact) mass is 252 g/mol. The maximum absolute atomic E-state index is 11.9. The lowest BCUT2D eigenvalue weighted by atomic mass is 9.81. The molecule has 1 aromatic heterocycles. The van der Waals surface area contributed by atoms with Crippen molar-refractivity contribution in [2.45, 2.75) is 44.6 Å². The minimum absolute atomic E-state index is 0.0151. The molecule has 3 N–H and O–H groups in total. The molecule has 1 aliphatic rings. The summed E-state index contributed by atoms with van der Waals surface area (Å²) in [5, 5.41) is 18.2. The van der Waals surface area contributed by atoms with Crippen LogP contribution in [0, 0.1) is 6.92 Å². The highest BCUT2D eigenvalue weighted by Crippen LogP contribution is 2.28. The van der Waals surface area contributed by atoms with E-state index in [-0.39, 0.29) is 5.82 Å². The lowest BCUT2D eigenvalue weighted by Gasteiger charge is -2.33. The summed E-state index contributed by atoms with van der Waals surface area (Å²) < 4.78 is 0. The van der Waals surface area contributed by atoms with Gasteiger partial charge in [-0.15, -0.1) is 5.10 Å². The number of nitrogens with one attached hydrogen (secondary N) is 2. The van der Waals surface area contributed by atoms with Crippen molar-refractivity contribution in [2.75, 3.05) is 0 Å². The molecule has 7 heteroatoms. The topological polar surface area (TPSA) is 108 Å². The second kappa shape index (κ2) is 4.75. The van der Waals surface area contributed by atoms with Gasteiger partial charge >= 0.3 is 5.97 Å². The van der Waals surface area contributed by atoms with Crippen molar-refractivity contribution in [3.05, 3.63) is 11.6 Å². The zero-order valence-corrected chi connectivity index (χ0v) is 10.2. The van der Waals surface area contributed by atoms with Crippen LogP contribution in [0.4, 0.5) is 0 Å². The van der Waals surface area contributed by atoms with Crippen LogP contribution >= 0.6 is 0 Å². The van der Waals surface area contributed by atoms with Crippen LogP contribution in [0.25, 0.3) is 0 Å². The molecule has 0 spiro atoms. The number of aromatic amines is 1. The highest BCUT2D eigenvalue weighted by atomic mass is 16.4. The Bertz CT molecular complexity index is 463. The van der Waals surface area contributed by atoms with Gasteiger partial charge in [-0.25, -0.2) is 9.78 Å². The molecule has 18 heavy (non-hydrogen) atoms. The molecule has 1 heterocycles. The summed E-state index contributed by atoms with van der Waals surface area (Å²) in [7, 11) is 0. The van der Waals surface area contributed by atoms with E-state index in [2.05, 4.69) is 20.5 Å². The number of hydrogen-bond acceptors (Lipinski definition) is 4. The van der Waals surface area contributed by atoms with E-state index in [9.17, 15) is 14.7 Å². The van der Waals surface area contributed by atoms with Gasteiger partial charge in [0.25, 0.3) is 5.91 Å². The van der Waals surface area contributed by atoms with Crippen LogP contribution < -0.4 is 5.32 Å². The molecule has 0 radical (unpaired) electrons. The molecule has 0 bridgehead atoms. The van der Waals surface area contributed by atoms with E-state index >= 15 is 0 Å². The summed E-state index contributed by atoms with van der Waals surface area (Å²) in [4.78, 5) is 27.2. The minimum Gasteiger partial charge on any atom is -0.480 e. The van der Waals surface area contributed by atoms with Crippen molar-refractivity contribution in [1.29, 1.82) is 0 Å². The van der Waals surface area contributed by atoms with Crippen LogP contribution in [0.1, 0.15) is 48.5 Å². The second-order valence-corrected chi connectivity index (χ2v) is 4.65. The van der Waals surface area contributed by atoms with Gasteiger partial charge in [0.1, 0.15) is 11.4 Å². The maximum Gasteiger partial charge on any atom is 0.329 e. The van der Waals surface area contributed by atoms with Crippen molar-refractivity contribution in [1.82, 2.24) is 20.5 Å². The normalized spacial score (nSPS) is 18.3. The Morgan fingerprint density at radius 1 is 1.33 bits per heavy atom. The fourth-order valence-electron chi connectivity index (χ4n) is 2.27. The van der Waals surface area contributed by atoms with E-state index in [1.807, 2.05) is 0 Å². The van der Waals surface area contributed by atoms with Gasteiger partial charge in [0.2, 0.25) is 5.82 Å². The van der Waals surface area contributed by atoms with Gasteiger partial charge < -0.3 is 10.4 Å². The Kier molecular flexibility index (Phi) is 3.31. The molecule has 7 nitrogen and oxygen atoms in total. The number of aryl methyl sites for hydroxylation is 1. The largest absolute Gasteiger partial charge is 0.480 e. The van der Waals surface area contributed by atoms with Crippen LogP contribution in [0.5, 0.6) is 0 Å². The number of amides is 1. The molecular formula is C11H16N4O3. The highest BCUT2D eigenvalue weighted by Gasteiger charge is 2.41. The zero-order chi connectivity index (χ0) is 13.2. The van der Waals surface area contributed by atoms with Gasteiger partial charge in [-0.05, 0) is 19.8 Å². The number of nitrogens with zero attached hydrogens (tertiary/aromatic N) is 2. The number of hydrogen-bond donors (Lipinski definition) is 3. The van der Waals surface area contributed by atoms with Crippen molar-refractivity contribution >= 4 is 11.9 Å². The van der Waals surface area contributed by atoms with Crippen molar-refractivity contribution in [2.24, 2.45) is 0 Å². The third-order valence-corrected chi connectivity index (χ3v) is 3.27. The van der Waals surface area contributed by atoms with Gasteiger partial charge in [-0.1, -0.05) is 19.3 Å². The van der Waals surface area contributed by atoms with E-state index in [0.717, 1.165) is 19.3 Å². The molecule has 2 rings (SSSR count). The first kappa shape index (κ1) is 12.5. The summed E-state index contributed by atoms with van der Waals surface area (Å²) in [6.07, 6.45) is 3.53. The van der Waals surface area contributed by atoms with Crippen LogP contribution in [-0.2, 0) is 4.79 Å². The van der Waals surface area contributed by atoms with Crippen LogP contribution in [0.15, 0.2) is 0 Å². The number of H-pyrrole nitrogens is 1. The Morgan fingerprint density at radius 3 is 2.50 bits per heavy atom. The van der Waals surface area contributed by atoms with E-state index in [4.69, 9.17) is 0 Å². The summed E-state index contributed by atoms with van der Waals surface area (Å²) in [5.41, 5.74) is -1.16. The van der Waals surface area contributed by atoms with E-state index < -0.39 is 17.4 Å². The van der Waals surface area contributed by atoms with Crippen molar-refractivity contribution in [3.8, 4) is 0 Å². The van der Waals surface area contributed by atoms with Gasteiger partial charge in [0.05, 0.1) is 0 Å². The Morgan fingerprint density at radius 2 is 2.00 bits per heavy atom. The van der Waals surface area contributed by atoms with Gasteiger partial charge in [-0.3, -0.25) is 9.89 Å². The van der Waals surface area contributed by atoms with Crippen LogP contribution in [0.2, 0.25) is 0 Å². The smallest absolute Gasteiger partial charge is 0.329 e. The minimum atomic E-state index is -1.16. The average Bonchev–Trinajstić information content (AvgIpc) is 2.77. The molecule has 1 aliphatic carbocycles. The zero-order valence-electron chi connectivity index (χ0n) is 10.2. The van der Waals surface area contributed by atoms with E-state index in [1.165, 1.54) is 0 Å². The SMILES string of the molecule is Cc1nc(C(=O)NC2(C(=O)O)CCCCC2)n[nH]1. The first-order chi connectivity index (χ1) is 8.53. The molecule has 98 valence electrons. The maximum atomic E-state index is 11.9. The summed E-state index contributed by atoms with van der Waals surface area (Å²) >= 11 is 0. The van der Waals surface area contributed by atoms with Gasteiger partial charge in [0.15, 0.2) is 0 Å². The first-order valence-corrected chi connectivity index (χ1v) is 5.98. The molecule has 1 aromatic rings. The molecule has 1 amide bonds. The van der Waals surface area contributed by atoms with E-state index in [0.29, 0.717) is 18.7 Å². The van der Waals surface area contributed by atoms with Crippen LogP contribution in [-0.4, -0.2) is 37.7 Å². The molecular weight excluding hydrogens is 236 g/mol. The van der Waals surface area contributed by atoms with E-state index in [1.54, 1.807) is 6.92 Å². The molecule has 0 aliphatic heterocycles. The lowest BCUT2D eigenvalue weighted by molar-refractivity contribution is -0.145.